The highest BCUT2D eigenvalue weighted by Crippen LogP contribution is 2.20. The second kappa shape index (κ2) is 6.15. The van der Waals surface area contributed by atoms with E-state index in [9.17, 15) is 18.7 Å². The summed E-state index contributed by atoms with van der Waals surface area (Å²) in [4.78, 5) is 11.6. The van der Waals surface area contributed by atoms with Gasteiger partial charge in [0.05, 0.1) is 5.56 Å². The normalized spacial score (nSPS) is 12.2. The summed E-state index contributed by atoms with van der Waals surface area (Å²) in [6, 6.07) is 6.22. The van der Waals surface area contributed by atoms with Crippen molar-refractivity contribution in [3.8, 4) is 0 Å². The number of aliphatic hydroxyl groups is 1. The maximum atomic E-state index is 13.4. The molecule has 2 rings (SSSR count). The molecule has 0 aliphatic heterocycles. The first-order chi connectivity index (χ1) is 9.49. The summed E-state index contributed by atoms with van der Waals surface area (Å²) in [5, 5.41) is 12.1. The largest absolute Gasteiger partial charge is 0.444 e. The number of amides is 1. The van der Waals surface area contributed by atoms with E-state index < -0.39 is 29.2 Å². The fraction of sp³-hybridized carbons (Fsp3) is 0.154. The fourth-order valence-corrected chi connectivity index (χ4v) is 1.95. The molecule has 4 nitrogen and oxygen atoms in total. The van der Waals surface area contributed by atoms with Crippen LogP contribution in [0.25, 0.3) is 0 Å². The maximum absolute atomic E-state index is 13.4. The predicted molar refractivity (Wildman–Crippen MR) is 70.1 cm³/mol. The summed E-state index contributed by atoms with van der Waals surface area (Å²) >= 11 is 3.04. The molecule has 20 heavy (non-hydrogen) atoms. The van der Waals surface area contributed by atoms with Crippen LogP contribution < -0.4 is 5.32 Å². The third kappa shape index (κ3) is 3.23. The third-order valence-electron chi connectivity index (χ3n) is 2.59. The number of hydrogen-bond donors (Lipinski definition) is 2. The average Bonchev–Trinajstić information content (AvgIpc) is 2.82. The van der Waals surface area contributed by atoms with Gasteiger partial charge >= 0.3 is 0 Å². The van der Waals surface area contributed by atoms with Gasteiger partial charge in [-0.1, -0.05) is 6.07 Å². The molecule has 7 heteroatoms. The Kier molecular flexibility index (Phi) is 4.51. The molecule has 1 heterocycles. The van der Waals surface area contributed by atoms with E-state index in [-0.39, 0.29) is 12.3 Å². The van der Waals surface area contributed by atoms with Crippen LogP contribution >= 0.6 is 15.9 Å². The number of carbonyl (C=O) groups excluding carboxylic acids is 1. The molecule has 0 saturated heterocycles. The third-order valence-corrected chi connectivity index (χ3v) is 3.01. The standard InChI is InChI=1S/C13H10BrF2NO3/c14-11-5-4-10(20-11)13(19)17-6-9(18)12-7(15)2-1-3-8(12)16/h1-5,9,18H,6H2,(H,17,19). The number of aliphatic hydroxyl groups excluding tert-OH is 1. The molecule has 106 valence electrons. The van der Waals surface area contributed by atoms with Gasteiger partial charge in [0.15, 0.2) is 10.4 Å². The lowest BCUT2D eigenvalue weighted by Gasteiger charge is -2.13. The molecule has 0 fully saturated rings. The summed E-state index contributed by atoms with van der Waals surface area (Å²) in [6.45, 7) is -0.338. The van der Waals surface area contributed by atoms with Crippen LogP contribution in [0.15, 0.2) is 39.4 Å². The van der Waals surface area contributed by atoms with Crippen LogP contribution in [-0.4, -0.2) is 17.6 Å². The van der Waals surface area contributed by atoms with Gasteiger partial charge < -0.3 is 14.8 Å². The molecule has 0 aliphatic carbocycles. The average molecular weight is 346 g/mol. The molecule has 1 amide bonds. The Hall–Kier alpha value is -1.73. The van der Waals surface area contributed by atoms with E-state index >= 15 is 0 Å². The Balaban J connectivity index is 2.02. The minimum atomic E-state index is -1.49. The number of hydrogen-bond acceptors (Lipinski definition) is 3. The highest BCUT2D eigenvalue weighted by molar-refractivity contribution is 9.10. The van der Waals surface area contributed by atoms with Crippen LogP contribution in [0, 0.1) is 11.6 Å². The second-order valence-corrected chi connectivity index (χ2v) is 4.75. The SMILES string of the molecule is O=C(NCC(O)c1c(F)cccc1F)c1ccc(Br)o1. The van der Waals surface area contributed by atoms with Crippen molar-refractivity contribution < 1.29 is 23.1 Å². The fourth-order valence-electron chi connectivity index (χ4n) is 1.64. The zero-order chi connectivity index (χ0) is 14.7. The summed E-state index contributed by atoms with van der Waals surface area (Å²) in [6.07, 6.45) is -1.49. The van der Waals surface area contributed by atoms with Gasteiger partial charge in [-0.25, -0.2) is 8.78 Å². The van der Waals surface area contributed by atoms with E-state index in [4.69, 9.17) is 4.42 Å². The van der Waals surface area contributed by atoms with E-state index in [0.29, 0.717) is 4.67 Å². The van der Waals surface area contributed by atoms with Gasteiger partial charge in [0, 0.05) is 6.54 Å². The van der Waals surface area contributed by atoms with Crippen molar-refractivity contribution in [3.05, 3.63) is 58.0 Å². The Morgan fingerprint density at radius 3 is 2.50 bits per heavy atom. The molecule has 0 saturated carbocycles. The zero-order valence-corrected chi connectivity index (χ0v) is 11.7. The Bertz CT molecular complexity index is 610. The predicted octanol–water partition coefficient (Wildman–Crippen LogP) is 2.78. The summed E-state index contributed by atoms with van der Waals surface area (Å²) < 4.78 is 32.2. The molecule has 0 aliphatic rings. The number of halogens is 3. The molecular formula is C13H10BrF2NO3. The number of nitrogens with one attached hydrogen (secondary N) is 1. The summed E-state index contributed by atoms with van der Waals surface area (Å²) in [7, 11) is 0. The monoisotopic (exact) mass is 345 g/mol. The van der Waals surface area contributed by atoms with Crippen molar-refractivity contribution in [1.82, 2.24) is 5.32 Å². The highest BCUT2D eigenvalue weighted by Gasteiger charge is 2.19. The van der Waals surface area contributed by atoms with Crippen molar-refractivity contribution in [2.75, 3.05) is 6.54 Å². The molecule has 0 spiro atoms. The Morgan fingerprint density at radius 1 is 1.30 bits per heavy atom. The number of furan rings is 1. The van der Waals surface area contributed by atoms with Crippen LogP contribution in [0.2, 0.25) is 0 Å². The molecular weight excluding hydrogens is 336 g/mol. The van der Waals surface area contributed by atoms with Crippen molar-refractivity contribution in [2.45, 2.75) is 6.10 Å². The van der Waals surface area contributed by atoms with Crippen LogP contribution in [0.4, 0.5) is 8.78 Å². The van der Waals surface area contributed by atoms with Crippen LogP contribution in [0.3, 0.4) is 0 Å². The first-order valence-electron chi connectivity index (χ1n) is 5.64. The lowest BCUT2D eigenvalue weighted by Crippen LogP contribution is -2.28. The quantitative estimate of drug-likeness (QED) is 0.895. The Labute approximate surface area is 121 Å². The zero-order valence-electron chi connectivity index (χ0n) is 10.1. The maximum Gasteiger partial charge on any atom is 0.287 e. The number of rotatable bonds is 4. The topological polar surface area (TPSA) is 62.5 Å². The Morgan fingerprint density at radius 2 is 1.95 bits per heavy atom. The van der Waals surface area contributed by atoms with Gasteiger partial charge in [0.2, 0.25) is 0 Å². The highest BCUT2D eigenvalue weighted by atomic mass is 79.9. The molecule has 1 atom stereocenters. The van der Waals surface area contributed by atoms with E-state index in [1.165, 1.54) is 18.2 Å². The lowest BCUT2D eigenvalue weighted by atomic mass is 10.1. The molecule has 1 aromatic carbocycles. The first kappa shape index (κ1) is 14.7. The van der Waals surface area contributed by atoms with Gasteiger partial charge in [-0.05, 0) is 40.2 Å². The van der Waals surface area contributed by atoms with Crippen molar-refractivity contribution in [2.24, 2.45) is 0 Å². The van der Waals surface area contributed by atoms with Gasteiger partial charge in [-0.15, -0.1) is 0 Å². The first-order valence-corrected chi connectivity index (χ1v) is 6.44. The van der Waals surface area contributed by atoms with Crippen LogP contribution in [-0.2, 0) is 0 Å². The summed E-state index contributed by atoms with van der Waals surface area (Å²) in [5.41, 5.74) is -0.478. The van der Waals surface area contributed by atoms with Crippen molar-refractivity contribution in [1.29, 1.82) is 0 Å². The van der Waals surface area contributed by atoms with Gasteiger partial charge in [0.25, 0.3) is 5.91 Å². The van der Waals surface area contributed by atoms with Crippen molar-refractivity contribution >= 4 is 21.8 Å². The smallest absolute Gasteiger partial charge is 0.287 e. The summed E-state index contributed by atoms with van der Waals surface area (Å²) in [5.74, 6) is -2.30. The van der Waals surface area contributed by atoms with E-state index in [2.05, 4.69) is 21.2 Å². The van der Waals surface area contributed by atoms with E-state index in [0.717, 1.165) is 12.1 Å². The van der Waals surface area contributed by atoms with E-state index in [1.807, 2.05) is 0 Å². The molecule has 2 aromatic rings. The molecule has 2 N–H and O–H groups in total. The second-order valence-electron chi connectivity index (χ2n) is 3.96. The van der Waals surface area contributed by atoms with Crippen LogP contribution in [0.1, 0.15) is 22.2 Å². The van der Waals surface area contributed by atoms with Gasteiger partial charge in [-0.3, -0.25) is 4.79 Å². The number of benzene rings is 1. The van der Waals surface area contributed by atoms with Gasteiger partial charge in [0.1, 0.15) is 17.7 Å². The van der Waals surface area contributed by atoms with Gasteiger partial charge in [-0.2, -0.15) is 0 Å². The molecule has 1 unspecified atom stereocenters. The van der Waals surface area contributed by atoms with Crippen LogP contribution in [0.5, 0.6) is 0 Å². The van der Waals surface area contributed by atoms with Crippen molar-refractivity contribution in [3.63, 3.8) is 0 Å². The number of carbonyl (C=O) groups is 1. The minimum absolute atomic E-state index is 0.0260. The minimum Gasteiger partial charge on any atom is -0.444 e. The molecule has 0 bridgehead atoms. The van der Waals surface area contributed by atoms with E-state index in [1.54, 1.807) is 0 Å². The molecule has 0 radical (unpaired) electrons. The lowest BCUT2D eigenvalue weighted by molar-refractivity contribution is 0.0883. The molecule has 1 aromatic heterocycles.